The van der Waals surface area contributed by atoms with Crippen molar-refractivity contribution >= 4 is 22.6 Å². The monoisotopic (exact) mass is 234 g/mol. The zero-order chi connectivity index (χ0) is 11.1. The maximum absolute atomic E-state index is 5.95. The molecule has 3 rings (SSSR count). The van der Waals surface area contributed by atoms with Crippen LogP contribution in [0.5, 0.6) is 0 Å². The van der Waals surface area contributed by atoms with Crippen molar-refractivity contribution in [2.24, 2.45) is 0 Å². The molecular formula is C9H7ClN6. The lowest BCUT2D eigenvalue weighted by atomic mass is 10.4. The zero-order valence-corrected chi connectivity index (χ0v) is 9.10. The average molecular weight is 235 g/mol. The standard InChI is InChI=1S/C9H7ClN6/c1-5-7(10)3-16(15-5)9-6-2-13-14-8(6)11-4-12-9/h2-4H,1H3,(H,11,12,13,14). The Balaban J connectivity index is 2.29. The van der Waals surface area contributed by atoms with E-state index in [-0.39, 0.29) is 0 Å². The van der Waals surface area contributed by atoms with Gasteiger partial charge in [0.1, 0.15) is 6.33 Å². The third-order valence-electron chi connectivity index (χ3n) is 2.28. The van der Waals surface area contributed by atoms with Crippen molar-refractivity contribution in [2.45, 2.75) is 6.92 Å². The lowest BCUT2D eigenvalue weighted by molar-refractivity contribution is 0.836. The molecule has 0 fully saturated rings. The van der Waals surface area contributed by atoms with Gasteiger partial charge in [-0.25, -0.2) is 14.6 Å². The Morgan fingerprint density at radius 1 is 1.38 bits per heavy atom. The van der Waals surface area contributed by atoms with Gasteiger partial charge in [0.05, 0.1) is 28.5 Å². The Bertz CT molecular complexity index is 635. The van der Waals surface area contributed by atoms with Crippen molar-refractivity contribution in [3.63, 3.8) is 0 Å². The van der Waals surface area contributed by atoms with Gasteiger partial charge in [-0.2, -0.15) is 10.2 Å². The third-order valence-corrected chi connectivity index (χ3v) is 2.65. The van der Waals surface area contributed by atoms with Crippen LogP contribution < -0.4 is 0 Å². The van der Waals surface area contributed by atoms with Gasteiger partial charge < -0.3 is 0 Å². The molecule has 0 spiro atoms. The molecule has 0 saturated carbocycles. The van der Waals surface area contributed by atoms with Gasteiger partial charge in [0, 0.05) is 0 Å². The van der Waals surface area contributed by atoms with Crippen LogP contribution in [-0.2, 0) is 0 Å². The van der Waals surface area contributed by atoms with E-state index in [1.807, 2.05) is 6.92 Å². The first-order chi connectivity index (χ1) is 7.75. The number of aromatic amines is 1. The summed E-state index contributed by atoms with van der Waals surface area (Å²) in [4.78, 5) is 8.23. The number of aromatic nitrogens is 6. The summed E-state index contributed by atoms with van der Waals surface area (Å²) >= 11 is 5.95. The van der Waals surface area contributed by atoms with Crippen LogP contribution in [0.3, 0.4) is 0 Å². The Hall–Kier alpha value is -1.95. The van der Waals surface area contributed by atoms with Crippen LogP contribution in [0.1, 0.15) is 5.69 Å². The number of hydrogen-bond acceptors (Lipinski definition) is 4. The lowest BCUT2D eigenvalue weighted by Crippen LogP contribution is -1.99. The molecule has 3 aromatic rings. The lowest BCUT2D eigenvalue weighted by Gasteiger charge is -1.99. The molecule has 0 aliphatic heterocycles. The van der Waals surface area contributed by atoms with Crippen LogP contribution in [0.15, 0.2) is 18.7 Å². The minimum Gasteiger partial charge on any atom is -0.261 e. The fourth-order valence-corrected chi connectivity index (χ4v) is 1.61. The summed E-state index contributed by atoms with van der Waals surface area (Å²) in [5.41, 5.74) is 1.44. The fraction of sp³-hybridized carbons (Fsp3) is 0.111. The van der Waals surface area contributed by atoms with Gasteiger partial charge in [0.25, 0.3) is 0 Å². The molecule has 0 aliphatic carbocycles. The van der Waals surface area contributed by atoms with Gasteiger partial charge in [0.2, 0.25) is 0 Å². The molecule has 0 radical (unpaired) electrons. The molecule has 0 bridgehead atoms. The second kappa shape index (κ2) is 3.28. The molecule has 7 heteroatoms. The highest BCUT2D eigenvalue weighted by molar-refractivity contribution is 6.31. The Morgan fingerprint density at radius 3 is 3.00 bits per heavy atom. The van der Waals surface area contributed by atoms with E-state index in [1.54, 1.807) is 17.1 Å². The highest BCUT2D eigenvalue weighted by Crippen LogP contribution is 2.19. The minimum absolute atomic E-state index is 0.607. The normalized spacial score (nSPS) is 11.1. The summed E-state index contributed by atoms with van der Waals surface area (Å²) in [6.45, 7) is 1.84. The number of rotatable bonds is 1. The first-order valence-electron chi connectivity index (χ1n) is 4.62. The molecule has 6 nitrogen and oxygen atoms in total. The van der Waals surface area contributed by atoms with Crippen LogP contribution in [0, 0.1) is 6.92 Å². The molecule has 0 aliphatic rings. The highest BCUT2D eigenvalue weighted by atomic mass is 35.5. The van der Waals surface area contributed by atoms with Gasteiger partial charge in [0.15, 0.2) is 11.5 Å². The maximum atomic E-state index is 5.95. The predicted octanol–water partition coefficient (Wildman–Crippen LogP) is 1.50. The van der Waals surface area contributed by atoms with Crippen LogP contribution in [0.4, 0.5) is 0 Å². The number of fused-ring (bicyclic) bond motifs is 1. The average Bonchev–Trinajstić information content (AvgIpc) is 2.85. The largest absolute Gasteiger partial charge is 0.261 e. The SMILES string of the molecule is Cc1nn(-c2ncnc3[nH]ncc23)cc1Cl. The second-order valence-corrected chi connectivity index (χ2v) is 3.74. The first kappa shape index (κ1) is 9.29. The topological polar surface area (TPSA) is 72.3 Å². The number of aryl methyl sites for hydroxylation is 1. The molecule has 0 atom stereocenters. The van der Waals surface area contributed by atoms with Gasteiger partial charge in [-0.3, -0.25) is 5.10 Å². The number of hydrogen-bond donors (Lipinski definition) is 1. The van der Waals surface area contributed by atoms with Gasteiger partial charge in [-0.15, -0.1) is 0 Å². The molecule has 3 aromatic heterocycles. The van der Waals surface area contributed by atoms with Crippen molar-refractivity contribution in [2.75, 3.05) is 0 Å². The maximum Gasteiger partial charge on any atom is 0.167 e. The van der Waals surface area contributed by atoms with Crippen molar-refractivity contribution in [3.8, 4) is 5.82 Å². The van der Waals surface area contributed by atoms with E-state index >= 15 is 0 Å². The molecular weight excluding hydrogens is 228 g/mol. The van der Waals surface area contributed by atoms with E-state index in [1.165, 1.54) is 6.33 Å². The summed E-state index contributed by atoms with van der Waals surface area (Å²) in [5, 5.41) is 12.4. The van der Waals surface area contributed by atoms with Gasteiger partial charge in [-0.05, 0) is 6.92 Å². The molecule has 0 unspecified atom stereocenters. The molecule has 1 N–H and O–H groups in total. The Morgan fingerprint density at radius 2 is 2.25 bits per heavy atom. The van der Waals surface area contributed by atoms with E-state index in [0.717, 1.165) is 11.1 Å². The van der Waals surface area contributed by atoms with Crippen LogP contribution in [-0.4, -0.2) is 29.9 Å². The summed E-state index contributed by atoms with van der Waals surface area (Å²) in [5.74, 6) is 0.661. The number of nitrogens with one attached hydrogen (secondary N) is 1. The van der Waals surface area contributed by atoms with Crippen LogP contribution in [0.25, 0.3) is 16.9 Å². The van der Waals surface area contributed by atoms with E-state index in [9.17, 15) is 0 Å². The quantitative estimate of drug-likeness (QED) is 0.693. The van der Waals surface area contributed by atoms with Crippen molar-refractivity contribution in [1.29, 1.82) is 0 Å². The summed E-state index contributed by atoms with van der Waals surface area (Å²) in [6.07, 6.45) is 4.84. The van der Waals surface area contributed by atoms with Crippen LogP contribution >= 0.6 is 11.6 Å². The summed E-state index contributed by atoms with van der Waals surface area (Å²) < 4.78 is 1.62. The second-order valence-electron chi connectivity index (χ2n) is 3.34. The number of halogens is 1. The van der Waals surface area contributed by atoms with E-state index < -0.39 is 0 Å². The van der Waals surface area contributed by atoms with Gasteiger partial charge >= 0.3 is 0 Å². The summed E-state index contributed by atoms with van der Waals surface area (Å²) in [6, 6.07) is 0. The smallest absolute Gasteiger partial charge is 0.167 e. The molecule has 3 heterocycles. The highest BCUT2D eigenvalue weighted by Gasteiger charge is 2.10. The van der Waals surface area contributed by atoms with Gasteiger partial charge in [-0.1, -0.05) is 11.6 Å². The molecule has 80 valence electrons. The fourth-order valence-electron chi connectivity index (χ4n) is 1.48. The molecule has 16 heavy (non-hydrogen) atoms. The zero-order valence-electron chi connectivity index (χ0n) is 8.35. The predicted molar refractivity (Wildman–Crippen MR) is 58.6 cm³/mol. The van der Waals surface area contributed by atoms with Crippen molar-refractivity contribution in [3.05, 3.63) is 29.4 Å². The van der Waals surface area contributed by atoms with E-state index in [0.29, 0.717) is 16.5 Å². The molecule has 0 aromatic carbocycles. The minimum atomic E-state index is 0.607. The summed E-state index contributed by atoms with van der Waals surface area (Å²) in [7, 11) is 0. The molecule has 0 saturated heterocycles. The van der Waals surface area contributed by atoms with Crippen LogP contribution in [0.2, 0.25) is 5.02 Å². The van der Waals surface area contributed by atoms with E-state index in [2.05, 4.69) is 25.3 Å². The number of nitrogens with zero attached hydrogens (tertiary/aromatic N) is 5. The van der Waals surface area contributed by atoms with E-state index in [4.69, 9.17) is 11.6 Å². The first-order valence-corrected chi connectivity index (χ1v) is 5.00. The Labute approximate surface area is 95.3 Å². The number of H-pyrrole nitrogens is 1. The van der Waals surface area contributed by atoms with Crippen molar-refractivity contribution in [1.82, 2.24) is 29.9 Å². The Kier molecular flexibility index (Phi) is 1.90. The third kappa shape index (κ3) is 1.27. The van der Waals surface area contributed by atoms with Crippen molar-refractivity contribution < 1.29 is 0 Å². The molecule has 0 amide bonds.